The summed E-state index contributed by atoms with van der Waals surface area (Å²) in [6.07, 6.45) is 0.147. The van der Waals surface area contributed by atoms with E-state index in [9.17, 15) is 9.59 Å². The maximum Gasteiger partial charge on any atom is 0.310 e. The number of ether oxygens (including phenoxy) is 1. The highest BCUT2D eigenvalue weighted by molar-refractivity contribution is 5.79. The van der Waals surface area contributed by atoms with E-state index in [4.69, 9.17) is 9.84 Å². The van der Waals surface area contributed by atoms with Crippen LogP contribution in [-0.4, -0.2) is 23.7 Å². The minimum atomic E-state index is -0.871. The molecule has 3 aromatic rings. The van der Waals surface area contributed by atoms with E-state index in [0.717, 1.165) is 5.56 Å². The van der Waals surface area contributed by atoms with E-state index in [1.807, 2.05) is 24.3 Å². The summed E-state index contributed by atoms with van der Waals surface area (Å²) in [7, 11) is 0. The average Bonchev–Trinajstić information content (AvgIpc) is 3.01. The predicted molar refractivity (Wildman–Crippen MR) is 106 cm³/mol. The molecule has 0 radical (unpaired) electrons. The van der Waals surface area contributed by atoms with E-state index in [1.54, 1.807) is 24.3 Å². The number of esters is 1. The van der Waals surface area contributed by atoms with Crippen molar-refractivity contribution in [3.05, 3.63) is 95.1 Å². The van der Waals surface area contributed by atoms with Crippen LogP contribution in [0.3, 0.4) is 0 Å². The first-order valence-electron chi connectivity index (χ1n) is 9.25. The lowest BCUT2D eigenvalue weighted by atomic mass is 9.98. The molecule has 0 aromatic heterocycles. The zero-order valence-corrected chi connectivity index (χ0v) is 15.3. The molecule has 1 aliphatic carbocycles. The van der Waals surface area contributed by atoms with Crippen molar-refractivity contribution >= 4 is 11.9 Å². The Bertz CT molecular complexity index is 975. The molecule has 4 heteroatoms. The van der Waals surface area contributed by atoms with Crippen molar-refractivity contribution in [3.8, 4) is 11.1 Å². The van der Waals surface area contributed by atoms with Gasteiger partial charge in [-0.15, -0.1) is 0 Å². The Kier molecular flexibility index (Phi) is 4.94. The Hall–Kier alpha value is -3.40. The van der Waals surface area contributed by atoms with E-state index >= 15 is 0 Å². The van der Waals surface area contributed by atoms with Gasteiger partial charge in [-0.3, -0.25) is 9.59 Å². The average molecular weight is 372 g/mol. The minimum absolute atomic E-state index is 0.0226. The first kappa shape index (κ1) is 18.0. The number of carbonyl (C=O) groups is 2. The summed E-state index contributed by atoms with van der Waals surface area (Å²) in [6.45, 7) is 0.309. The van der Waals surface area contributed by atoms with Crippen molar-refractivity contribution in [1.29, 1.82) is 0 Å². The second-order valence-corrected chi connectivity index (χ2v) is 6.97. The second-order valence-electron chi connectivity index (χ2n) is 6.97. The Morgan fingerprint density at radius 1 is 0.750 bits per heavy atom. The Morgan fingerprint density at radius 2 is 1.25 bits per heavy atom. The van der Waals surface area contributed by atoms with Gasteiger partial charge in [-0.2, -0.15) is 0 Å². The van der Waals surface area contributed by atoms with Crippen molar-refractivity contribution < 1.29 is 19.4 Å². The minimum Gasteiger partial charge on any atom is -0.481 e. The molecule has 1 aliphatic rings. The monoisotopic (exact) mass is 372 g/mol. The molecule has 0 amide bonds. The van der Waals surface area contributed by atoms with Gasteiger partial charge in [0.2, 0.25) is 0 Å². The van der Waals surface area contributed by atoms with Gasteiger partial charge in [-0.1, -0.05) is 72.8 Å². The van der Waals surface area contributed by atoms with Crippen LogP contribution in [0.25, 0.3) is 11.1 Å². The van der Waals surface area contributed by atoms with Crippen molar-refractivity contribution in [2.45, 2.75) is 18.8 Å². The van der Waals surface area contributed by atoms with Gasteiger partial charge in [-0.25, -0.2) is 0 Å². The molecule has 0 spiro atoms. The summed E-state index contributed by atoms with van der Waals surface area (Å²) in [4.78, 5) is 23.1. The van der Waals surface area contributed by atoms with Crippen molar-refractivity contribution in [1.82, 2.24) is 0 Å². The first-order chi connectivity index (χ1) is 13.6. The van der Waals surface area contributed by atoms with Gasteiger partial charge in [0.25, 0.3) is 0 Å². The highest BCUT2D eigenvalue weighted by atomic mass is 16.5. The molecule has 28 heavy (non-hydrogen) atoms. The topological polar surface area (TPSA) is 63.6 Å². The van der Waals surface area contributed by atoms with Crippen LogP contribution in [-0.2, 0) is 27.2 Å². The van der Waals surface area contributed by atoms with Crippen LogP contribution in [0.15, 0.2) is 72.8 Å². The number of fused-ring (bicyclic) bond motifs is 3. The fourth-order valence-electron chi connectivity index (χ4n) is 3.78. The summed E-state index contributed by atoms with van der Waals surface area (Å²) in [5.41, 5.74) is 6.31. The first-order valence-corrected chi connectivity index (χ1v) is 9.25. The Labute approximate surface area is 163 Å². The molecule has 140 valence electrons. The third-order valence-electron chi connectivity index (χ3n) is 5.10. The van der Waals surface area contributed by atoms with Crippen LogP contribution in [0.1, 0.15) is 28.2 Å². The van der Waals surface area contributed by atoms with Crippen molar-refractivity contribution in [3.63, 3.8) is 0 Å². The van der Waals surface area contributed by atoms with E-state index in [1.165, 1.54) is 22.3 Å². The van der Waals surface area contributed by atoms with E-state index < -0.39 is 5.97 Å². The Balaban J connectivity index is 1.42. The molecule has 0 atom stereocenters. The van der Waals surface area contributed by atoms with Gasteiger partial charge in [0, 0.05) is 5.92 Å². The maximum absolute atomic E-state index is 12.3. The smallest absolute Gasteiger partial charge is 0.310 e. The third kappa shape index (κ3) is 3.67. The molecule has 4 rings (SSSR count). The second kappa shape index (κ2) is 7.69. The molecule has 3 aromatic carbocycles. The predicted octanol–water partition coefficient (Wildman–Crippen LogP) is 4.21. The summed E-state index contributed by atoms with van der Waals surface area (Å²) in [5, 5.41) is 8.82. The Morgan fingerprint density at radius 3 is 1.79 bits per heavy atom. The van der Waals surface area contributed by atoms with Gasteiger partial charge in [0.15, 0.2) is 0 Å². The van der Waals surface area contributed by atoms with Gasteiger partial charge < -0.3 is 9.84 Å². The van der Waals surface area contributed by atoms with Crippen LogP contribution in [0.4, 0.5) is 0 Å². The lowest BCUT2D eigenvalue weighted by Crippen LogP contribution is -2.14. The number of carboxylic acids is 1. The summed E-state index contributed by atoms with van der Waals surface area (Å²) in [6, 6.07) is 23.5. The summed E-state index contributed by atoms with van der Waals surface area (Å²) < 4.78 is 5.61. The quantitative estimate of drug-likeness (QED) is 0.658. The lowest BCUT2D eigenvalue weighted by Gasteiger charge is -2.14. The molecular formula is C24H20O4. The number of carboxylic acid groups (broad SMARTS) is 1. The molecule has 0 saturated heterocycles. The van der Waals surface area contributed by atoms with E-state index in [2.05, 4.69) is 24.3 Å². The molecule has 4 nitrogen and oxygen atoms in total. The van der Waals surface area contributed by atoms with Crippen LogP contribution in [0.5, 0.6) is 0 Å². The van der Waals surface area contributed by atoms with E-state index in [0.29, 0.717) is 12.2 Å². The molecule has 0 aliphatic heterocycles. The highest BCUT2D eigenvalue weighted by Gasteiger charge is 2.28. The molecule has 0 bridgehead atoms. The van der Waals surface area contributed by atoms with E-state index in [-0.39, 0.29) is 24.7 Å². The SMILES string of the molecule is O=C(O)Cc1ccc(CC(=O)OCC2c3ccccc3-c3ccccc32)cc1. The summed E-state index contributed by atoms with van der Waals surface area (Å²) >= 11 is 0. The maximum atomic E-state index is 12.3. The standard InChI is InChI=1S/C24H20O4/c25-23(26)13-16-9-11-17(12-10-16)14-24(27)28-15-22-20-7-3-1-5-18(20)19-6-2-4-8-21(19)22/h1-12,22H,13-15H2,(H,25,26). The van der Waals surface area contributed by atoms with Crippen molar-refractivity contribution in [2.75, 3.05) is 6.61 Å². The van der Waals surface area contributed by atoms with Crippen LogP contribution >= 0.6 is 0 Å². The largest absolute Gasteiger partial charge is 0.481 e. The van der Waals surface area contributed by atoms with Crippen LogP contribution < -0.4 is 0 Å². The highest BCUT2D eigenvalue weighted by Crippen LogP contribution is 2.44. The number of benzene rings is 3. The number of hydrogen-bond donors (Lipinski definition) is 1. The fraction of sp³-hybridized carbons (Fsp3) is 0.167. The number of rotatable bonds is 6. The third-order valence-corrected chi connectivity index (χ3v) is 5.10. The molecule has 0 saturated carbocycles. The summed E-state index contributed by atoms with van der Waals surface area (Å²) in [5.74, 6) is -1.11. The molecule has 0 fully saturated rings. The normalized spacial score (nSPS) is 12.3. The van der Waals surface area contributed by atoms with Gasteiger partial charge >= 0.3 is 11.9 Å². The molecule has 0 heterocycles. The van der Waals surface area contributed by atoms with Crippen molar-refractivity contribution in [2.24, 2.45) is 0 Å². The number of hydrogen-bond acceptors (Lipinski definition) is 3. The van der Waals surface area contributed by atoms with Gasteiger partial charge in [-0.05, 0) is 33.4 Å². The molecule has 1 N–H and O–H groups in total. The zero-order chi connectivity index (χ0) is 19.5. The fourth-order valence-corrected chi connectivity index (χ4v) is 3.78. The van der Waals surface area contributed by atoms with Gasteiger partial charge in [0.1, 0.15) is 6.61 Å². The molecule has 0 unspecified atom stereocenters. The van der Waals surface area contributed by atoms with Gasteiger partial charge in [0.05, 0.1) is 12.8 Å². The lowest BCUT2D eigenvalue weighted by molar-refractivity contribution is -0.143. The molecular weight excluding hydrogens is 352 g/mol. The van der Waals surface area contributed by atoms with Crippen LogP contribution in [0.2, 0.25) is 0 Å². The number of carbonyl (C=O) groups excluding carboxylic acids is 1. The zero-order valence-electron chi connectivity index (χ0n) is 15.3. The van der Waals surface area contributed by atoms with Crippen LogP contribution in [0, 0.1) is 0 Å². The number of aliphatic carboxylic acids is 1.